The molecule has 1 aromatic carbocycles. The minimum absolute atomic E-state index is 0.181. The summed E-state index contributed by atoms with van der Waals surface area (Å²) < 4.78 is 1.34. The van der Waals surface area contributed by atoms with Gasteiger partial charge in [-0.3, -0.25) is 9.59 Å². The van der Waals surface area contributed by atoms with E-state index in [4.69, 9.17) is 0 Å². The van der Waals surface area contributed by atoms with E-state index >= 15 is 0 Å². The summed E-state index contributed by atoms with van der Waals surface area (Å²) in [5.41, 5.74) is 2.36. The van der Waals surface area contributed by atoms with Crippen molar-refractivity contribution in [2.75, 3.05) is 7.05 Å². The molecule has 2 aromatic rings. The summed E-state index contributed by atoms with van der Waals surface area (Å²) in [6.07, 6.45) is 0.795. The lowest BCUT2D eigenvalue weighted by Crippen LogP contribution is -2.31. The maximum absolute atomic E-state index is 12.5. The fourth-order valence-electron chi connectivity index (χ4n) is 2.25. The smallest absolute Gasteiger partial charge is 0.274 e. The summed E-state index contributed by atoms with van der Waals surface area (Å²) in [5.74, 6) is -0.187. The quantitative estimate of drug-likeness (QED) is 0.850. The van der Waals surface area contributed by atoms with E-state index in [0.717, 1.165) is 17.5 Å². The van der Waals surface area contributed by atoms with E-state index in [1.807, 2.05) is 38.1 Å². The third kappa shape index (κ3) is 3.61. The molecule has 5 heteroatoms. The highest BCUT2D eigenvalue weighted by Crippen LogP contribution is 2.11. The van der Waals surface area contributed by atoms with Gasteiger partial charge in [-0.1, -0.05) is 31.2 Å². The van der Waals surface area contributed by atoms with Gasteiger partial charge in [-0.2, -0.15) is 5.10 Å². The van der Waals surface area contributed by atoms with E-state index in [1.54, 1.807) is 11.9 Å². The molecule has 1 heterocycles. The second-order valence-electron chi connectivity index (χ2n) is 5.37. The van der Waals surface area contributed by atoms with Gasteiger partial charge >= 0.3 is 0 Å². The predicted octanol–water partition coefficient (Wildman–Crippen LogP) is 2.23. The van der Waals surface area contributed by atoms with Gasteiger partial charge in [0.2, 0.25) is 0 Å². The number of benzene rings is 1. The first-order valence-corrected chi connectivity index (χ1v) is 7.41. The molecular formula is C17H21N3O2. The van der Waals surface area contributed by atoms with Crippen molar-refractivity contribution in [2.45, 2.75) is 33.4 Å². The highest BCUT2D eigenvalue weighted by molar-refractivity contribution is 5.91. The molecule has 0 bridgehead atoms. The van der Waals surface area contributed by atoms with Gasteiger partial charge in [-0.15, -0.1) is 0 Å². The minimum atomic E-state index is -0.187. The zero-order valence-corrected chi connectivity index (χ0v) is 13.2. The first-order chi connectivity index (χ1) is 10.5. The third-order valence-corrected chi connectivity index (χ3v) is 3.54. The molecule has 0 radical (unpaired) electrons. The number of carbonyl (C=O) groups is 1. The van der Waals surface area contributed by atoms with Crippen LogP contribution in [0, 0.1) is 6.92 Å². The van der Waals surface area contributed by atoms with Gasteiger partial charge in [-0.25, -0.2) is 4.68 Å². The Labute approximate surface area is 130 Å². The maximum Gasteiger partial charge on any atom is 0.274 e. The van der Waals surface area contributed by atoms with Gasteiger partial charge in [0, 0.05) is 26.2 Å². The number of hydrogen-bond donors (Lipinski definition) is 0. The van der Waals surface area contributed by atoms with Crippen LogP contribution in [0.4, 0.5) is 0 Å². The Balaban J connectivity index is 2.19. The molecule has 0 aliphatic rings. The Morgan fingerprint density at radius 3 is 2.64 bits per heavy atom. The standard InChI is InChI=1S/C17H21N3O2/c1-4-11-20-16(21)10-9-15(18-20)17(22)19(3)12-14-8-6-5-7-13(14)2/h5-10H,4,11-12H2,1-3H3. The Hall–Kier alpha value is -2.43. The fourth-order valence-corrected chi connectivity index (χ4v) is 2.25. The second kappa shape index (κ2) is 7.02. The van der Waals surface area contributed by atoms with E-state index in [9.17, 15) is 9.59 Å². The van der Waals surface area contributed by atoms with Crippen LogP contribution in [0.3, 0.4) is 0 Å². The van der Waals surface area contributed by atoms with Gasteiger partial charge in [-0.05, 0) is 30.5 Å². The van der Waals surface area contributed by atoms with Gasteiger partial charge in [0.15, 0.2) is 0 Å². The molecular weight excluding hydrogens is 278 g/mol. The van der Waals surface area contributed by atoms with E-state index in [2.05, 4.69) is 5.10 Å². The molecule has 2 rings (SSSR count). The van der Waals surface area contributed by atoms with Crippen LogP contribution in [0.15, 0.2) is 41.2 Å². The predicted molar refractivity (Wildman–Crippen MR) is 85.8 cm³/mol. The van der Waals surface area contributed by atoms with Gasteiger partial charge in [0.25, 0.3) is 11.5 Å². The van der Waals surface area contributed by atoms with Gasteiger partial charge in [0.1, 0.15) is 5.69 Å². The van der Waals surface area contributed by atoms with Crippen molar-refractivity contribution < 1.29 is 4.79 Å². The normalized spacial score (nSPS) is 10.5. The number of carbonyl (C=O) groups excluding carboxylic acids is 1. The van der Waals surface area contributed by atoms with Crippen molar-refractivity contribution >= 4 is 5.91 Å². The highest BCUT2D eigenvalue weighted by atomic mass is 16.2. The van der Waals surface area contributed by atoms with Crippen molar-refractivity contribution in [2.24, 2.45) is 0 Å². The molecule has 1 aromatic heterocycles. The SMILES string of the molecule is CCCn1nc(C(=O)N(C)Cc2ccccc2C)ccc1=O. The molecule has 5 nitrogen and oxygen atoms in total. The van der Waals surface area contributed by atoms with Crippen LogP contribution in [0.1, 0.15) is 35.0 Å². The fraction of sp³-hybridized carbons (Fsp3) is 0.353. The van der Waals surface area contributed by atoms with Crippen LogP contribution < -0.4 is 5.56 Å². The average molecular weight is 299 g/mol. The van der Waals surface area contributed by atoms with Crippen LogP contribution in [0.2, 0.25) is 0 Å². The molecule has 0 unspecified atom stereocenters. The topological polar surface area (TPSA) is 55.2 Å². The van der Waals surface area contributed by atoms with Crippen molar-refractivity contribution in [1.29, 1.82) is 0 Å². The number of aryl methyl sites for hydroxylation is 2. The summed E-state index contributed by atoms with van der Waals surface area (Å²) in [7, 11) is 1.74. The summed E-state index contributed by atoms with van der Waals surface area (Å²) in [6.45, 7) is 5.02. The number of nitrogens with zero attached hydrogens (tertiary/aromatic N) is 3. The molecule has 0 spiro atoms. The van der Waals surface area contributed by atoms with Crippen molar-refractivity contribution in [1.82, 2.24) is 14.7 Å². The Morgan fingerprint density at radius 1 is 1.23 bits per heavy atom. The molecule has 1 amide bonds. The number of hydrogen-bond acceptors (Lipinski definition) is 3. The molecule has 0 atom stereocenters. The lowest BCUT2D eigenvalue weighted by atomic mass is 10.1. The molecule has 0 fully saturated rings. The Bertz CT molecular complexity index is 722. The Kier molecular flexibility index (Phi) is 5.09. The number of amides is 1. The van der Waals surface area contributed by atoms with E-state index < -0.39 is 0 Å². The second-order valence-corrected chi connectivity index (χ2v) is 5.37. The maximum atomic E-state index is 12.5. The van der Waals surface area contributed by atoms with Crippen LogP contribution in [0.25, 0.3) is 0 Å². The summed E-state index contributed by atoms with van der Waals surface area (Å²) >= 11 is 0. The molecule has 0 N–H and O–H groups in total. The molecule has 0 saturated heterocycles. The number of rotatable bonds is 5. The van der Waals surface area contributed by atoms with Gasteiger partial charge in [0.05, 0.1) is 0 Å². The van der Waals surface area contributed by atoms with Crippen LogP contribution >= 0.6 is 0 Å². The summed E-state index contributed by atoms with van der Waals surface area (Å²) in [6, 6.07) is 10.9. The van der Waals surface area contributed by atoms with Crippen molar-refractivity contribution in [3.8, 4) is 0 Å². The minimum Gasteiger partial charge on any atom is -0.336 e. The first kappa shape index (κ1) is 15.9. The van der Waals surface area contributed by atoms with Crippen LogP contribution in [-0.2, 0) is 13.1 Å². The van der Waals surface area contributed by atoms with E-state index in [0.29, 0.717) is 18.8 Å². The van der Waals surface area contributed by atoms with E-state index in [-0.39, 0.29) is 11.5 Å². The summed E-state index contributed by atoms with van der Waals surface area (Å²) in [5, 5.41) is 4.16. The molecule has 116 valence electrons. The van der Waals surface area contributed by atoms with Crippen LogP contribution in [0.5, 0.6) is 0 Å². The first-order valence-electron chi connectivity index (χ1n) is 7.41. The monoisotopic (exact) mass is 299 g/mol. The highest BCUT2D eigenvalue weighted by Gasteiger charge is 2.15. The third-order valence-electron chi connectivity index (χ3n) is 3.54. The lowest BCUT2D eigenvalue weighted by molar-refractivity contribution is 0.0776. The lowest BCUT2D eigenvalue weighted by Gasteiger charge is -2.18. The van der Waals surface area contributed by atoms with Crippen LogP contribution in [-0.4, -0.2) is 27.6 Å². The molecule has 22 heavy (non-hydrogen) atoms. The Morgan fingerprint density at radius 2 is 1.95 bits per heavy atom. The zero-order valence-electron chi connectivity index (χ0n) is 13.2. The van der Waals surface area contributed by atoms with Crippen molar-refractivity contribution in [3.05, 3.63) is 63.6 Å². The number of aromatic nitrogens is 2. The van der Waals surface area contributed by atoms with Gasteiger partial charge < -0.3 is 4.90 Å². The summed E-state index contributed by atoms with van der Waals surface area (Å²) in [4.78, 5) is 25.8. The van der Waals surface area contributed by atoms with E-state index in [1.165, 1.54) is 16.8 Å². The average Bonchev–Trinajstić information content (AvgIpc) is 2.51. The zero-order chi connectivity index (χ0) is 16.1. The van der Waals surface area contributed by atoms with Crippen molar-refractivity contribution in [3.63, 3.8) is 0 Å². The molecule has 0 saturated carbocycles. The molecule has 0 aliphatic carbocycles. The molecule has 0 aliphatic heterocycles. The largest absolute Gasteiger partial charge is 0.336 e.